The van der Waals surface area contributed by atoms with Crippen LogP contribution in [0.3, 0.4) is 0 Å². The molecule has 0 saturated heterocycles. The zero-order valence-electron chi connectivity index (χ0n) is 13.0. The Bertz CT molecular complexity index is 688. The maximum absolute atomic E-state index is 5.96. The summed E-state index contributed by atoms with van der Waals surface area (Å²) in [4.78, 5) is 0.228. The lowest BCUT2D eigenvalue weighted by atomic mass is 9.95. The van der Waals surface area contributed by atoms with Crippen molar-refractivity contribution in [2.45, 2.75) is 44.5 Å². The molecule has 2 aromatic carbocycles. The van der Waals surface area contributed by atoms with Crippen molar-refractivity contribution in [3.05, 3.63) is 64.2 Å². The Hall–Kier alpha value is -1.28. The molecule has 1 atom stereocenters. The maximum atomic E-state index is 5.96. The van der Waals surface area contributed by atoms with Crippen LogP contribution in [0, 0.1) is 13.8 Å². The number of benzene rings is 2. The van der Waals surface area contributed by atoms with Crippen LogP contribution in [-0.4, -0.2) is 5.60 Å². The van der Waals surface area contributed by atoms with E-state index in [0.717, 1.165) is 12.2 Å². The van der Waals surface area contributed by atoms with Gasteiger partial charge in [0.15, 0.2) is 0 Å². The average Bonchev–Trinajstić information content (AvgIpc) is 2.73. The van der Waals surface area contributed by atoms with Gasteiger partial charge in [0.25, 0.3) is 0 Å². The van der Waals surface area contributed by atoms with Crippen LogP contribution in [0.2, 0.25) is 0 Å². The lowest BCUT2D eigenvalue weighted by Gasteiger charge is -2.16. The molecule has 110 valence electrons. The predicted octanol–water partition coefficient (Wildman–Crippen LogP) is 5.50. The molecule has 1 aliphatic rings. The van der Waals surface area contributed by atoms with E-state index in [0.29, 0.717) is 0 Å². The highest BCUT2D eigenvalue weighted by Crippen LogP contribution is 2.40. The molecule has 3 rings (SSSR count). The van der Waals surface area contributed by atoms with Crippen LogP contribution in [0.25, 0.3) is 0 Å². The molecule has 0 spiro atoms. The van der Waals surface area contributed by atoms with Crippen molar-refractivity contribution in [1.82, 2.24) is 0 Å². The van der Waals surface area contributed by atoms with Gasteiger partial charge in [0.2, 0.25) is 0 Å². The van der Waals surface area contributed by atoms with Crippen molar-refractivity contribution in [3.63, 3.8) is 0 Å². The standard InChI is InChI=1S/C19H21BrO/c1-12-5-6-13(2)16(9-12)18(20)14-7-8-17-15(10-14)11-19(3,4)21-17/h5-10,18H,11H2,1-4H3. The van der Waals surface area contributed by atoms with Crippen LogP contribution in [0.1, 0.15) is 46.5 Å². The fraction of sp³-hybridized carbons (Fsp3) is 0.368. The molecular weight excluding hydrogens is 324 g/mol. The largest absolute Gasteiger partial charge is 0.487 e. The van der Waals surface area contributed by atoms with Crippen molar-refractivity contribution < 1.29 is 4.74 Å². The smallest absolute Gasteiger partial charge is 0.123 e. The molecule has 1 aliphatic heterocycles. The molecule has 0 aliphatic carbocycles. The van der Waals surface area contributed by atoms with Crippen molar-refractivity contribution in [3.8, 4) is 5.75 Å². The molecule has 0 bridgehead atoms. The minimum absolute atomic E-state index is 0.0813. The summed E-state index contributed by atoms with van der Waals surface area (Å²) in [6.45, 7) is 8.59. The third-order valence-corrected chi connectivity index (χ3v) is 5.11. The molecular formula is C19H21BrO. The van der Waals surface area contributed by atoms with Gasteiger partial charge in [-0.05, 0) is 56.0 Å². The van der Waals surface area contributed by atoms with E-state index in [-0.39, 0.29) is 10.4 Å². The molecule has 0 radical (unpaired) electrons. The molecule has 21 heavy (non-hydrogen) atoms. The molecule has 0 N–H and O–H groups in total. The second-order valence-corrected chi connectivity index (χ2v) is 7.54. The second-order valence-electron chi connectivity index (χ2n) is 6.63. The first kappa shape index (κ1) is 14.6. The Balaban J connectivity index is 1.97. The summed E-state index contributed by atoms with van der Waals surface area (Å²) < 4.78 is 5.96. The Morgan fingerprint density at radius 2 is 1.86 bits per heavy atom. The van der Waals surface area contributed by atoms with Gasteiger partial charge in [-0.25, -0.2) is 0 Å². The average molecular weight is 345 g/mol. The minimum atomic E-state index is -0.0813. The predicted molar refractivity (Wildman–Crippen MR) is 91.5 cm³/mol. The van der Waals surface area contributed by atoms with Crippen LogP contribution in [0.5, 0.6) is 5.75 Å². The van der Waals surface area contributed by atoms with E-state index in [1.807, 2.05) is 0 Å². The normalized spacial score (nSPS) is 17.2. The first-order chi connectivity index (χ1) is 9.85. The summed E-state index contributed by atoms with van der Waals surface area (Å²) in [5.74, 6) is 1.03. The molecule has 1 heterocycles. The highest BCUT2D eigenvalue weighted by Gasteiger charge is 2.30. The zero-order valence-corrected chi connectivity index (χ0v) is 14.6. The molecule has 2 aromatic rings. The number of hydrogen-bond donors (Lipinski definition) is 0. The quantitative estimate of drug-likeness (QED) is 0.653. The number of halogens is 1. The van der Waals surface area contributed by atoms with Crippen molar-refractivity contribution in [2.75, 3.05) is 0 Å². The number of ether oxygens (including phenoxy) is 1. The highest BCUT2D eigenvalue weighted by molar-refractivity contribution is 9.09. The van der Waals surface area contributed by atoms with Gasteiger partial charge in [0.1, 0.15) is 11.4 Å². The number of aryl methyl sites for hydroxylation is 2. The second kappa shape index (κ2) is 5.17. The number of fused-ring (bicyclic) bond motifs is 1. The molecule has 0 saturated carbocycles. The minimum Gasteiger partial charge on any atom is -0.487 e. The molecule has 2 heteroatoms. The van der Waals surface area contributed by atoms with E-state index in [4.69, 9.17) is 4.74 Å². The van der Waals surface area contributed by atoms with E-state index < -0.39 is 0 Å². The van der Waals surface area contributed by atoms with Gasteiger partial charge in [0.05, 0.1) is 4.83 Å². The lowest BCUT2D eigenvalue weighted by molar-refractivity contribution is 0.138. The van der Waals surface area contributed by atoms with Gasteiger partial charge in [-0.1, -0.05) is 51.8 Å². The van der Waals surface area contributed by atoms with Gasteiger partial charge in [0, 0.05) is 6.42 Å². The van der Waals surface area contributed by atoms with Gasteiger partial charge < -0.3 is 4.74 Å². The van der Waals surface area contributed by atoms with E-state index >= 15 is 0 Å². The van der Waals surface area contributed by atoms with Crippen LogP contribution >= 0.6 is 15.9 Å². The Labute approximate surface area is 135 Å². The topological polar surface area (TPSA) is 9.23 Å². The fourth-order valence-electron chi connectivity index (χ4n) is 3.00. The van der Waals surface area contributed by atoms with Crippen LogP contribution < -0.4 is 4.74 Å². The van der Waals surface area contributed by atoms with Gasteiger partial charge in [-0.3, -0.25) is 0 Å². The Morgan fingerprint density at radius 3 is 2.62 bits per heavy atom. The summed E-state index contributed by atoms with van der Waals surface area (Å²) in [5, 5.41) is 0. The summed E-state index contributed by atoms with van der Waals surface area (Å²) in [6.07, 6.45) is 0.975. The van der Waals surface area contributed by atoms with Gasteiger partial charge >= 0.3 is 0 Å². The Kier molecular flexibility index (Phi) is 3.61. The fourth-order valence-corrected chi connectivity index (χ4v) is 3.78. The summed E-state index contributed by atoms with van der Waals surface area (Å²) >= 11 is 3.88. The van der Waals surface area contributed by atoms with Gasteiger partial charge in [-0.15, -0.1) is 0 Å². The SMILES string of the molecule is Cc1ccc(C)c(C(Br)c2ccc3c(c2)CC(C)(C)O3)c1. The summed E-state index contributed by atoms with van der Waals surface area (Å²) in [7, 11) is 0. The number of hydrogen-bond acceptors (Lipinski definition) is 1. The summed E-state index contributed by atoms with van der Waals surface area (Å²) in [5.41, 5.74) is 6.48. The first-order valence-electron chi connectivity index (χ1n) is 7.39. The first-order valence-corrected chi connectivity index (χ1v) is 8.30. The molecule has 1 nitrogen and oxygen atoms in total. The number of rotatable bonds is 2. The van der Waals surface area contributed by atoms with E-state index in [1.165, 1.54) is 27.8 Å². The maximum Gasteiger partial charge on any atom is 0.123 e. The van der Waals surface area contributed by atoms with Gasteiger partial charge in [-0.2, -0.15) is 0 Å². The summed E-state index contributed by atoms with van der Waals surface area (Å²) in [6, 6.07) is 13.2. The third kappa shape index (κ3) is 2.87. The third-order valence-electron chi connectivity index (χ3n) is 4.09. The van der Waals surface area contributed by atoms with E-state index in [9.17, 15) is 0 Å². The molecule has 0 fully saturated rings. The van der Waals surface area contributed by atoms with Crippen LogP contribution in [-0.2, 0) is 6.42 Å². The van der Waals surface area contributed by atoms with Crippen molar-refractivity contribution in [1.29, 1.82) is 0 Å². The molecule has 0 aromatic heterocycles. The lowest BCUT2D eigenvalue weighted by Crippen LogP contribution is -2.24. The number of alkyl halides is 1. The molecule has 1 unspecified atom stereocenters. The van der Waals surface area contributed by atoms with Crippen LogP contribution in [0.15, 0.2) is 36.4 Å². The van der Waals surface area contributed by atoms with Crippen molar-refractivity contribution >= 4 is 15.9 Å². The van der Waals surface area contributed by atoms with E-state index in [1.54, 1.807) is 0 Å². The zero-order chi connectivity index (χ0) is 15.2. The van der Waals surface area contributed by atoms with Crippen molar-refractivity contribution in [2.24, 2.45) is 0 Å². The Morgan fingerprint density at radius 1 is 1.10 bits per heavy atom. The highest BCUT2D eigenvalue weighted by atomic mass is 79.9. The molecule has 0 amide bonds. The monoisotopic (exact) mass is 344 g/mol. The van der Waals surface area contributed by atoms with E-state index in [2.05, 4.69) is 80.0 Å². The van der Waals surface area contributed by atoms with Crippen LogP contribution in [0.4, 0.5) is 0 Å².